The fourth-order valence-corrected chi connectivity index (χ4v) is 2.05. The molecule has 0 aliphatic heterocycles. The van der Waals surface area contributed by atoms with E-state index in [0.29, 0.717) is 5.41 Å². The van der Waals surface area contributed by atoms with E-state index in [1.54, 1.807) is 0 Å². The molecule has 2 nitrogen and oxygen atoms in total. The molecular formula is C9H19NOS. The van der Waals surface area contributed by atoms with Crippen molar-refractivity contribution in [2.45, 2.75) is 25.9 Å². The first kappa shape index (κ1) is 10.4. The standard InChI is InChI=1S/C9H19NOS/c1-8(11)5-10(2)6-9(7-12)3-4-9/h8,11-12H,3-7H2,1-2H3. The van der Waals surface area contributed by atoms with Crippen LogP contribution in [0.3, 0.4) is 0 Å². The minimum atomic E-state index is -0.217. The van der Waals surface area contributed by atoms with Gasteiger partial charge in [0, 0.05) is 13.1 Å². The van der Waals surface area contributed by atoms with Crippen molar-refractivity contribution in [3.63, 3.8) is 0 Å². The van der Waals surface area contributed by atoms with Crippen LogP contribution in [0.15, 0.2) is 0 Å². The van der Waals surface area contributed by atoms with E-state index in [-0.39, 0.29) is 6.10 Å². The Labute approximate surface area is 80.4 Å². The quantitative estimate of drug-likeness (QED) is 0.631. The summed E-state index contributed by atoms with van der Waals surface area (Å²) in [6.45, 7) is 3.69. The maximum Gasteiger partial charge on any atom is 0.0638 e. The van der Waals surface area contributed by atoms with Crippen LogP contribution in [0.1, 0.15) is 19.8 Å². The zero-order valence-corrected chi connectivity index (χ0v) is 8.85. The molecule has 0 aromatic rings. The van der Waals surface area contributed by atoms with Gasteiger partial charge in [-0.05, 0) is 38.0 Å². The molecular weight excluding hydrogens is 170 g/mol. The molecule has 1 rings (SSSR count). The summed E-state index contributed by atoms with van der Waals surface area (Å²) in [5.41, 5.74) is 0.479. The summed E-state index contributed by atoms with van der Waals surface area (Å²) in [5, 5.41) is 9.15. The highest BCUT2D eigenvalue weighted by molar-refractivity contribution is 7.80. The summed E-state index contributed by atoms with van der Waals surface area (Å²) in [6, 6.07) is 0. The number of rotatable bonds is 5. The molecule has 3 heteroatoms. The Morgan fingerprint density at radius 3 is 2.50 bits per heavy atom. The van der Waals surface area contributed by atoms with Crippen LogP contribution in [0, 0.1) is 5.41 Å². The Hall–Kier alpha value is 0.270. The molecule has 1 saturated carbocycles. The van der Waals surface area contributed by atoms with Gasteiger partial charge in [-0.1, -0.05) is 0 Å². The van der Waals surface area contributed by atoms with Crippen molar-refractivity contribution in [1.29, 1.82) is 0 Å². The summed E-state index contributed by atoms with van der Waals surface area (Å²) in [6.07, 6.45) is 2.40. The van der Waals surface area contributed by atoms with E-state index in [0.717, 1.165) is 18.8 Å². The Bertz CT molecular complexity index is 145. The highest BCUT2D eigenvalue weighted by Gasteiger charge is 2.41. The fraction of sp³-hybridized carbons (Fsp3) is 1.00. The largest absolute Gasteiger partial charge is 0.392 e. The molecule has 0 heterocycles. The Balaban J connectivity index is 2.21. The molecule has 0 aromatic carbocycles. The van der Waals surface area contributed by atoms with E-state index in [1.807, 2.05) is 6.92 Å². The molecule has 12 heavy (non-hydrogen) atoms. The second-order valence-electron chi connectivity index (χ2n) is 4.20. The summed E-state index contributed by atoms with van der Waals surface area (Å²) in [7, 11) is 2.07. The van der Waals surface area contributed by atoms with Crippen LogP contribution in [-0.2, 0) is 0 Å². The van der Waals surface area contributed by atoms with E-state index < -0.39 is 0 Å². The van der Waals surface area contributed by atoms with Crippen molar-refractivity contribution < 1.29 is 5.11 Å². The molecule has 1 fully saturated rings. The highest BCUT2D eigenvalue weighted by atomic mass is 32.1. The van der Waals surface area contributed by atoms with Crippen LogP contribution in [-0.4, -0.2) is 42.0 Å². The predicted molar refractivity (Wildman–Crippen MR) is 54.7 cm³/mol. The van der Waals surface area contributed by atoms with Crippen LogP contribution >= 0.6 is 12.6 Å². The Morgan fingerprint density at radius 1 is 1.58 bits per heavy atom. The first-order valence-corrected chi connectivity index (χ1v) is 5.19. The number of nitrogens with zero attached hydrogens (tertiary/aromatic N) is 1. The first-order chi connectivity index (χ1) is 5.58. The van der Waals surface area contributed by atoms with Crippen molar-refractivity contribution in [2.75, 3.05) is 25.9 Å². The second kappa shape index (κ2) is 3.99. The Morgan fingerprint density at radius 2 is 2.17 bits per heavy atom. The lowest BCUT2D eigenvalue weighted by Gasteiger charge is -2.23. The Kier molecular flexibility index (Phi) is 3.44. The molecule has 0 saturated heterocycles. The number of likely N-dealkylation sites (N-methyl/N-ethyl adjacent to an activating group) is 1. The van der Waals surface area contributed by atoms with E-state index in [4.69, 9.17) is 5.11 Å². The van der Waals surface area contributed by atoms with Crippen molar-refractivity contribution in [3.05, 3.63) is 0 Å². The smallest absolute Gasteiger partial charge is 0.0638 e. The SMILES string of the molecule is CC(O)CN(C)CC1(CS)CC1. The van der Waals surface area contributed by atoms with Crippen molar-refractivity contribution in [3.8, 4) is 0 Å². The van der Waals surface area contributed by atoms with Gasteiger partial charge in [0.2, 0.25) is 0 Å². The maximum atomic E-state index is 9.15. The average Bonchev–Trinajstić information content (AvgIpc) is 2.67. The van der Waals surface area contributed by atoms with Gasteiger partial charge in [-0.25, -0.2) is 0 Å². The van der Waals surface area contributed by atoms with Gasteiger partial charge in [-0.2, -0.15) is 12.6 Å². The summed E-state index contributed by atoms with van der Waals surface area (Å²) < 4.78 is 0. The van der Waals surface area contributed by atoms with Gasteiger partial charge in [0.15, 0.2) is 0 Å². The highest BCUT2D eigenvalue weighted by Crippen LogP contribution is 2.46. The molecule has 1 aliphatic rings. The van der Waals surface area contributed by atoms with Gasteiger partial charge in [-0.3, -0.25) is 0 Å². The minimum absolute atomic E-state index is 0.217. The molecule has 0 radical (unpaired) electrons. The number of hydrogen-bond acceptors (Lipinski definition) is 3. The lowest BCUT2D eigenvalue weighted by atomic mass is 10.1. The lowest BCUT2D eigenvalue weighted by Crippen LogP contribution is -2.33. The summed E-state index contributed by atoms with van der Waals surface area (Å²) >= 11 is 4.34. The third-order valence-electron chi connectivity index (χ3n) is 2.47. The number of aliphatic hydroxyl groups excluding tert-OH is 1. The molecule has 1 aliphatic carbocycles. The molecule has 1 unspecified atom stereocenters. The van der Waals surface area contributed by atoms with Crippen LogP contribution < -0.4 is 0 Å². The monoisotopic (exact) mass is 189 g/mol. The van der Waals surface area contributed by atoms with E-state index in [1.165, 1.54) is 12.8 Å². The van der Waals surface area contributed by atoms with Crippen molar-refractivity contribution in [1.82, 2.24) is 4.90 Å². The molecule has 1 atom stereocenters. The van der Waals surface area contributed by atoms with Crippen molar-refractivity contribution in [2.24, 2.45) is 5.41 Å². The molecule has 0 aromatic heterocycles. The van der Waals surface area contributed by atoms with Gasteiger partial charge in [0.25, 0.3) is 0 Å². The van der Waals surface area contributed by atoms with Crippen molar-refractivity contribution >= 4 is 12.6 Å². The third kappa shape index (κ3) is 2.96. The second-order valence-corrected chi connectivity index (χ2v) is 4.52. The van der Waals surface area contributed by atoms with E-state index in [9.17, 15) is 0 Å². The lowest BCUT2D eigenvalue weighted by molar-refractivity contribution is 0.131. The summed E-state index contributed by atoms with van der Waals surface area (Å²) in [4.78, 5) is 2.20. The zero-order valence-electron chi connectivity index (χ0n) is 7.95. The van der Waals surface area contributed by atoms with Gasteiger partial charge >= 0.3 is 0 Å². The first-order valence-electron chi connectivity index (χ1n) is 4.55. The van der Waals surface area contributed by atoms with Gasteiger partial charge in [-0.15, -0.1) is 0 Å². The molecule has 0 spiro atoms. The normalized spacial score (nSPS) is 22.8. The number of thiol groups is 1. The third-order valence-corrected chi connectivity index (χ3v) is 3.14. The van der Waals surface area contributed by atoms with E-state index >= 15 is 0 Å². The zero-order chi connectivity index (χ0) is 9.19. The average molecular weight is 189 g/mol. The molecule has 0 amide bonds. The number of aliphatic hydroxyl groups is 1. The van der Waals surface area contributed by atoms with Gasteiger partial charge in [0.05, 0.1) is 6.10 Å². The number of hydrogen-bond donors (Lipinski definition) is 2. The van der Waals surface area contributed by atoms with Crippen LogP contribution in [0.25, 0.3) is 0 Å². The topological polar surface area (TPSA) is 23.5 Å². The van der Waals surface area contributed by atoms with E-state index in [2.05, 4.69) is 24.6 Å². The van der Waals surface area contributed by atoms with Gasteiger partial charge < -0.3 is 10.0 Å². The molecule has 1 N–H and O–H groups in total. The summed E-state index contributed by atoms with van der Waals surface area (Å²) in [5.74, 6) is 0.983. The van der Waals surface area contributed by atoms with Crippen LogP contribution in [0.5, 0.6) is 0 Å². The van der Waals surface area contributed by atoms with Gasteiger partial charge in [0.1, 0.15) is 0 Å². The van der Waals surface area contributed by atoms with Crippen LogP contribution in [0.4, 0.5) is 0 Å². The minimum Gasteiger partial charge on any atom is -0.392 e. The fourth-order valence-electron chi connectivity index (χ4n) is 1.63. The molecule has 0 bridgehead atoms. The predicted octanol–water partition coefficient (Wildman–Crippen LogP) is 1.01. The molecule has 72 valence electrons. The van der Waals surface area contributed by atoms with Crippen LogP contribution in [0.2, 0.25) is 0 Å². The maximum absolute atomic E-state index is 9.15.